The van der Waals surface area contributed by atoms with E-state index in [1.165, 1.54) is 7.11 Å². The van der Waals surface area contributed by atoms with Crippen LogP contribution in [0.2, 0.25) is 0 Å². The highest BCUT2D eigenvalue weighted by Gasteiger charge is 2.18. The lowest BCUT2D eigenvalue weighted by molar-refractivity contribution is -0.141. The van der Waals surface area contributed by atoms with Crippen LogP contribution in [0.3, 0.4) is 0 Å². The van der Waals surface area contributed by atoms with Gasteiger partial charge in [-0.05, 0) is 0 Å². The quantitative estimate of drug-likeness (QED) is 0.559. The van der Waals surface area contributed by atoms with Gasteiger partial charge in [-0.3, -0.25) is 9.59 Å². The summed E-state index contributed by atoms with van der Waals surface area (Å²) in [6.45, 7) is 1.73. The summed E-state index contributed by atoms with van der Waals surface area (Å²) in [4.78, 5) is 22.8. The highest BCUT2D eigenvalue weighted by atomic mass is 16.5. The third-order valence-corrected chi connectivity index (χ3v) is 2.21. The van der Waals surface area contributed by atoms with Gasteiger partial charge in [-0.25, -0.2) is 0 Å². The van der Waals surface area contributed by atoms with E-state index in [2.05, 4.69) is 4.74 Å². The van der Waals surface area contributed by atoms with Gasteiger partial charge in [0.15, 0.2) is 5.78 Å². The van der Waals surface area contributed by atoms with Crippen molar-refractivity contribution in [3.8, 4) is 0 Å². The molecule has 1 rings (SSSR count). The lowest BCUT2D eigenvalue weighted by atomic mass is 9.97. The zero-order valence-corrected chi connectivity index (χ0v) is 8.90. The molecule has 1 aromatic rings. The molecule has 3 nitrogen and oxygen atoms in total. The van der Waals surface area contributed by atoms with Gasteiger partial charge in [0, 0.05) is 11.5 Å². The Bertz CT molecular complexity index is 343. The molecular formula is C12H14O3. The molecule has 0 fully saturated rings. The van der Waals surface area contributed by atoms with Gasteiger partial charge in [0.1, 0.15) is 0 Å². The number of rotatable bonds is 4. The Balaban J connectivity index is 2.65. The van der Waals surface area contributed by atoms with Gasteiger partial charge in [0.2, 0.25) is 0 Å². The van der Waals surface area contributed by atoms with Crippen LogP contribution in [0.4, 0.5) is 0 Å². The van der Waals surface area contributed by atoms with Crippen molar-refractivity contribution in [2.75, 3.05) is 7.11 Å². The first-order chi connectivity index (χ1) is 7.15. The maximum Gasteiger partial charge on any atom is 0.306 e. The first-order valence-electron chi connectivity index (χ1n) is 4.81. The van der Waals surface area contributed by atoms with Crippen LogP contribution in [0.5, 0.6) is 0 Å². The number of hydrogen-bond acceptors (Lipinski definition) is 3. The normalized spacial score (nSPS) is 11.9. The van der Waals surface area contributed by atoms with Crippen LogP contribution in [0, 0.1) is 5.92 Å². The average Bonchev–Trinajstić information content (AvgIpc) is 2.29. The molecule has 0 saturated heterocycles. The number of methoxy groups -OCH3 is 1. The Morgan fingerprint density at radius 1 is 1.27 bits per heavy atom. The Hall–Kier alpha value is -1.64. The highest BCUT2D eigenvalue weighted by molar-refractivity contribution is 5.99. The molecule has 0 aliphatic carbocycles. The summed E-state index contributed by atoms with van der Waals surface area (Å²) in [6, 6.07) is 8.95. The molecule has 0 unspecified atom stereocenters. The topological polar surface area (TPSA) is 43.4 Å². The minimum Gasteiger partial charge on any atom is -0.469 e. The lowest BCUT2D eigenvalue weighted by Crippen LogP contribution is -2.16. The monoisotopic (exact) mass is 206 g/mol. The largest absolute Gasteiger partial charge is 0.469 e. The smallest absolute Gasteiger partial charge is 0.306 e. The van der Waals surface area contributed by atoms with Crippen molar-refractivity contribution in [3.05, 3.63) is 35.9 Å². The Morgan fingerprint density at radius 3 is 2.40 bits per heavy atom. The third kappa shape index (κ3) is 3.20. The Morgan fingerprint density at radius 2 is 1.87 bits per heavy atom. The fourth-order valence-corrected chi connectivity index (χ4v) is 1.31. The summed E-state index contributed by atoms with van der Waals surface area (Å²) in [5.41, 5.74) is 0.633. The number of Topliss-reactive ketones (excluding diaryl/α,β-unsaturated/α-hetero) is 1. The van der Waals surface area contributed by atoms with E-state index >= 15 is 0 Å². The van der Waals surface area contributed by atoms with Crippen molar-refractivity contribution in [2.45, 2.75) is 13.3 Å². The summed E-state index contributed by atoms with van der Waals surface area (Å²) in [5, 5.41) is 0. The SMILES string of the molecule is COC(=O)C[C@H](C)C(=O)c1ccccc1. The van der Waals surface area contributed by atoms with E-state index < -0.39 is 0 Å². The summed E-state index contributed by atoms with van der Waals surface area (Å²) in [6.07, 6.45) is 0.129. The molecule has 3 heteroatoms. The van der Waals surface area contributed by atoms with Gasteiger partial charge >= 0.3 is 5.97 Å². The number of hydrogen-bond donors (Lipinski definition) is 0. The van der Waals surface area contributed by atoms with Crippen molar-refractivity contribution in [3.63, 3.8) is 0 Å². The van der Waals surface area contributed by atoms with E-state index in [0.29, 0.717) is 5.56 Å². The van der Waals surface area contributed by atoms with Crippen molar-refractivity contribution in [1.29, 1.82) is 0 Å². The van der Waals surface area contributed by atoms with E-state index in [4.69, 9.17) is 0 Å². The molecule has 0 aromatic heterocycles. The summed E-state index contributed by atoms with van der Waals surface area (Å²) in [5.74, 6) is -0.715. The third-order valence-electron chi connectivity index (χ3n) is 2.21. The molecule has 0 amide bonds. The van der Waals surface area contributed by atoms with Crippen molar-refractivity contribution in [1.82, 2.24) is 0 Å². The Labute approximate surface area is 89.1 Å². The highest BCUT2D eigenvalue weighted by Crippen LogP contribution is 2.12. The molecule has 80 valence electrons. The van der Waals surface area contributed by atoms with E-state index in [1.807, 2.05) is 6.07 Å². The first-order valence-corrected chi connectivity index (χ1v) is 4.81. The van der Waals surface area contributed by atoms with Gasteiger partial charge in [-0.2, -0.15) is 0 Å². The standard InChI is InChI=1S/C12H14O3/c1-9(8-11(13)15-2)12(14)10-6-4-3-5-7-10/h3-7,9H,8H2,1-2H3/t9-/m0/s1. The molecule has 0 heterocycles. The Kier molecular flexibility index (Phi) is 4.03. The van der Waals surface area contributed by atoms with Crippen LogP contribution in [0.15, 0.2) is 30.3 Å². The molecule has 1 atom stereocenters. The van der Waals surface area contributed by atoms with Crippen molar-refractivity contribution >= 4 is 11.8 Å². The molecule has 0 saturated carbocycles. The summed E-state index contributed by atoms with van der Waals surface area (Å²) in [7, 11) is 1.32. The van der Waals surface area contributed by atoms with Crippen LogP contribution >= 0.6 is 0 Å². The van der Waals surface area contributed by atoms with Crippen LogP contribution in [0.25, 0.3) is 0 Å². The summed E-state index contributed by atoms with van der Waals surface area (Å²) >= 11 is 0. The molecular weight excluding hydrogens is 192 g/mol. The molecule has 15 heavy (non-hydrogen) atoms. The molecule has 0 N–H and O–H groups in total. The number of ketones is 1. The second kappa shape index (κ2) is 5.29. The predicted molar refractivity (Wildman–Crippen MR) is 56.6 cm³/mol. The number of ether oxygens (including phenoxy) is 1. The molecule has 0 spiro atoms. The molecule has 0 aliphatic rings. The van der Waals surface area contributed by atoms with Gasteiger partial charge in [0.05, 0.1) is 13.5 Å². The fraction of sp³-hybridized carbons (Fsp3) is 0.333. The van der Waals surface area contributed by atoms with Gasteiger partial charge in [0.25, 0.3) is 0 Å². The lowest BCUT2D eigenvalue weighted by Gasteiger charge is -2.08. The summed E-state index contributed by atoms with van der Waals surface area (Å²) < 4.78 is 4.52. The van der Waals surface area contributed by atoms with Gasteiger partial charge in [-0.15, -0.1) is 0 Å². The van der Waals surface area contributed by atoms with E-state index in [1.54, 1.807) is 31.2 Å². The van der Waals surface area contributed by atoms with Crippen molar-refractivity contribution < 1.29 is 14.3 Å². The first kappa shape index (κ1) is 11.4. The second-order valence-corrected chi connectivity index (χ2v) is 3.41. The number of carbonyl (C=O) groups excluding carboxylic acids is 2. The maximum absolute atomic E-state index is 11.8. The van der Waals surface area contributed by atoms with Crippen LogP contribution < -0.4 is 0 Å². The second-order valence-electron chi connectivity index (χ2n) is 3.41. The van der Waals surface area contributed by atoms with E-state index in [0.717, 1.165) is 0 Å². The zero-order valence-electron chi connectivity index (χ0n) is 8.90. The molecule has 1 aromatic carbocycles. The number of carbonyl (C=O) groups is 2. The van der Waals surface area contributed by atoms with Crippen LogP contribution in [0.1, 0.15) is 23.7 Å². The van der Waals surface area contributed by atoms with Crippen LogP contribution in [-0.2, 0) is 9.53 Å². The van der Waals surface area contributed by atoms with E-state index in [-0.39, 0.29) is 24.1 Å². The number of benzene rings is 1. The van der Waals surface area contributed by atoms with Gasteiger partial charge < -0.3 is 4.74 Å². The van der Waals surface area contributed by atoms with Crippen LogP contribution in [-0.4, -0.2) is 18.9 Å². The minimum atomic E-state index is -0.355. The predicted octanol–water partition coefficient (Wildman–Crippen LogP) is 2.07. The molecule has 0 radical (unpaired) electrons. The molecule has 0 aliphatic heterocycles. The number of esters is 1. The molecule has 0 bridgehead atoms. The average molecular weight is 206 g/mol. The maximum atomic E-state index is 11.8. The minimum absolute atomic E-state index is 0.0269. The van der Waals surface area contributed by atoms with Gasteiger partial charge in [-0.1, -0.05) is 37.3 Å². The van der Waals surface area contributed by atoms with E-state index in [9.17, 15) is 9.59 Å². The van der Waals surface area contributed by atoms with Crippen molar-refractivity contribution in [2.24, 2.45) is 5.92 Å². The zero-order chi connectivity index (χ0) is 11.3. The fourth-order valence-electron chi connectivity index (χ4n) is 1.31.